The highest BCUT2D eigenvalue weighted by molar-refractivity contribution is 5.79. The molecule has 3 nitrogen and oxygen atoms in total. The van der Waals surface area contributed by atoms with Gasteiger partial charge in [0.25, 0.3) is 0 Å². The summed E-state index contributed by atoms with van der Waals surface area (Å²) in [5.74, 6) is 1.68. The first-order chi connectivity index (χ1) is 9.06. The lowest BCUT2D eigenvalue weighted by Crippen LogP contribution is -2.26. The van der Waals surface area contributed by atoms with Crippen LogP contribution in [0.3, 0.4) is 0 Å². The Bertz CT molecular complexity index is 415. The molecule has 1 atom stereocenters. The molecule has 0 bridgehead atoms. The summed E-state index contributed by atoms with van der Waals surface area (Å²) < 4.78 is 5.62. The molecular formula is C16H23NO2. The van der Waals surface area contributed by atoms with Crippen LogP contribution in [0, 0.1) is 5.92 Å². The first kappa shape index (κ1) is 14.1. The minimum Gasteiger partial charge on any atom is -0.491 e. The molecule has 1 fully saturated rings. The Balaban J connectivity index is 1.99. The molecule has 19 heavy (non-hydrogen) atoms. The van der Waals surface area contributed by atoms with E-state index in [1.807, 2.05) is 38.1 Å². The highest BCUT2D eigenvalue weighted by Crippen LogP contribution is 2.32. The predicted molar refractivity (Wildman–Crippen MR) is 76.1 cm³/mol. The van der Waals surface area contributed by atoms with Gasteiger partial charge in [-0.15, -0.1) is 0 Å². The molecule has 0 spiro atoms. The van der Waals surface area contributed by atoms with Gasteiger partial charge in [0.1, 0.15) is 11.5 Å². The number of ketones is 1. The fraction of sp³-hybridized carbons (Fsp3) is 0.562. The van der Waals surface area contributed by atoms with Gasteiger partial charge >= 0.3 is 0 Å². The van der Waals surface area contributed by atoms with Crippen LogP contribution >= 0.6 is 0 Å². The van der Waals surface area contributed by atoms with Gasteiger partial charge in [0.15, 0.2) is 0 Å². The van der Waals surface area contributed by atoms with E-state index in [9.17, 15) is 4.79 Å². The maximum absolute atomic E-state index is 11.3. The average Bonchev–Trinajstić information content (AvgIpc) is 2.39. The molecule has 0 radical (unpaired) electrons. The zero-order valence-corrected chi connectivity index (χ0v) is 11.8. The summed E-state index contributed by atoms with van der Waals surface area (Å²) in [7, 11) is 0. The first-order valence-corrected chi connectivity index (χ1v) is 7.10. The Morgan fingerprint density at radius 3 is 2.26 bits per heavy atom. The summed E-state index contributed by atoms with van der Waals surface area (Å²) >= 11 is 0. The Morgan fingerprint density at radius 1 is 1.16 bits per heavy atom. The molecular weight excluding hydrogens is 238 g/mol. The van der Waals surface area contributed by atoms with Crippen LogP contribution < -0.4 is 10.5 Å². The van der Waals surface area contributed by atoms with E-state index < -0.39 is 0 Å². The van der Waals surface area contributed by atoms with Crippen molar-refractivity contribution in [1.82, 2.24) is 0 Å². The molecule has 1 saturated carbocycles. The highest BCUT2D eigenvalue weighted by Gasteiger charge is 2.25. The van der Waals surface area contributed by atoms with Gasteiger partial charge in [-0.1, -0.05) is 12.1 Å². The molecule has 104 valence electrons. The van der Waals surface area contributed by atoms with Crippen LogP contribution in [0.15, 0.2) is 24.3 Å². The minimum absolute atomic E-state index is 0.0289. The summed E-state index contributed by atoms with van der Waals surface area (Å²) in [6.45, 7) is 4.03. The van der Waals surface area contributed by atoms with Gasteiger partial charge in [0.05, 0.1) is 6.10 Å². The van der Waals surface area contributed by atoms with Gasteiger partial charge < -0.3 is 10.5 Å². The molecule has 2 rings (SSSR count). The number of hydrogen-bond acceptors (Lipinski definition) is 3. The smallest absolute Gasteiger partial charge is 0.132 e. The number of carbonyl (C=O) groups is 1. The van der Waals surface area contributed by atoms with Crippen molar-refractivity contribution >= 4 is 5.78 Å². The van der Waals surface area contributed by atoms with Crippen LogP contribution in [0.5, 0.6) is 5.75 Å². The van der Waals surface area contributed by atoms with E-state index >= 15 is 0 Å². The molecule has 1 aromatic rings. The summed E-state index contributed by atoms with van der Waals surface area (Å²) in [6, 6.07) is 8.06. The number of hydrogen-bond donors (Lipinski definition) is 1. The van der Waals surface area contributed by atoms with Crippen molar-refractivity contribution in [3.05, 3.63) is 29.8 Å². The normalized spacial score (nSPS) is 18.6. The number of nitrogens with two attached hydrogens (primary N) is 1. The molecule has 0 aliphatic heterocycles. The monoisotopic (exact) mass is 261 g/mol. The van der Waals surface area contributed by atoms with Crippen molar-refractivity contribution in [2.24, 2.45) is 11.7 Å². The Morgan fingerprint density at radius 2 is 1.74 bits per heavy atom. The number of ether oxygens (including phenoxy) is 1. The summed E-state index contributed by atoms with van der Waals surface area (Å²) in [6.07, 6.45) is 3.40. The van der Waals surface area contributed by atoms with Crippen molar-refractivity contribution in [2.45, 2.75) is 51.7 Å². The van der Waals surface area contributed by atoms with E-state index in [1.54, 1.807) is 0 Å². The Kier molecular flexibility index (Phi) is 4.59. The van der Waals surface area contributed by atoms with Crippen LogP contribution in [0.4, 0.5) is 0 Å². The maximum atomic E-state index is 11.3. The standard InChI is InChI=1S/C16H23NO2/c1-11(2)19-15-9-5-13(6-10-15)16(17)12-3-7-14(18)8-4-12/h5-6,9-12,16H,3-4,7-8,17H2,1-2H3. The lowest BCUT2D eigenvalue weighted by molar-refractivity contribution is -0.121. The largest absolute Gasteiger partial charge is 0.491 e. The predicted octanol–water partition coefficient (Wildman–Crippen LogP) is 3.23. The molecule has 0 heterocycles. The van der Waals surface area contributed by atoms with Crippen LogP contribution in [0.2, 0.25) is 0 Å². The number of Topliss-reactive ketones (excluding diaryl/α,β-unsaturated/α-hetero) is 1. The SMILES string of the molecule is CC(C)Oc1ccc(C(N)C2CCC(=O)CC2)cc1. The van der Waals surface area contributed by atoms with Crippen LogP contribution in [-0.4, -0.2) is 11.9 Å². The van der Waals surface area contributed by atoms with Crippen molar-refractivity contribution in [3.63, 3.8) is 0 Å². The lowest BCUT2D eigenvalue weighted by atomic mass is 9.81. The molecule has 2 N–H and O–H groups in total. The van der Waals surface area contributed by atoms with E-state index in [0.29, 0.717) is 24.5 Å². The maximum Gasteiger partial charge on any atom is 0.132 e. The number of carbonyl (C=O) groups excluding carboxylic acids is 1. The van der Waals surface area contributed by atoms with Crippen molar-refractivity contribution < 1.29 is 9.53 Å². The third-order valence-corrected chi connectivity index (χ3v) is 3.73. The summed E-state index contributed by atoms with van der Waals surface area (Å²) in [5, 5.41) is 0. The van der Waals surface area contributed by atoms with Gasteiger partial charge in [-0.05, 0) is 50.3 Å². The second-order valence-corrected chi connectivity index (χ2v) is 5.64. The third kappa shape index (κ3) is 3.80. The van der Waals surface area contributed by atoms with Gasteiger partial charge in [-0.2, -0.15) is 0 Å². The van der Waals surface area contributed by atoms with Crippen molar-refractivity contribution in [2.75, 3.05) is 0 Å². The van der Waals surface area contributed by atoms with Gasteiger partial charge in [0.2, 0.25) is 0 Å². The molecule has 1 aliphatic rings. The molecule has 1 aromatic carbocycles. The molecule has 1 unspecified atom stereocenters. The summed E-state index contributed by atoms with van der Waals surface area (Å²) in [4.78, 5) is 11.3. The molecule has 0 amide bonds. The lowest BCUT2D eigenvalue weighted by Gasteiger charge is -2.27. The zero-order chi connectivity index (χ0) is 13.8. The Hall–Kier alpha value is -1.35. The van der Waals surface area contributed by atoms with Crippen molar-refractivity contribution in [3.8, 4) is 5.75 Å². The average molecular weight is 261 g/mol. The van der Waals surface area contributed by atoms with E-state index in [-0.39, 0.29) is 12.1 Å². The number of rotatable bonds is 4. The Labute approximate surface area is 115 Å². The summed E-state index contributed by atoms with van der Waals surface area (Å²) in [5.41, 5.74) is 7.45. The quantitative estimate of drug-likeness (QED) is 0.905. The first-order valence-electron chi connectivity index (χ1n) is 7.10. The van der Waals surface area contributed by atoms with Crippen LogP contribution in [-0.2, 0) is 4.79 Å². The van der Waals surface area contributed by atoms with E-state index in [0.717, 1.165) is 24.2 Å². The molecule has 1 aliphatic carbocycles. The van der Waals surface area contributed by atoms with Crippen molar-refractivity contribution in [1.29, 1.82) is 0 Å². The zero-order valence-electron chi connectivity index (χ0n) is 11.8. The molecule has 0 saturated heterocycles. The fourth-order valence-electron chi connectivity index (χ4n) is 2.63. The van der Waals surface area contributed by atoms with E-state index in [4.69, 9.17) is 10.5 Å². The van der Waals surface area contributed by atoms with Gasteiger partial charge in [-0.3, -0.25) is 4.79 Å². The fourth-order valence-corrected chi connectivity index (χ4v) is 2.63. The third-order valence-electron chi connectivity index (χ3n) is 3.73. The topological polar surface area (TPSA) is 52.3 Å². The van der Waals surface area contributed by atoms with Gasteiger partial charge in [0, 0.05) is 18.9 Å². The van der Waals surface area contributed by atoms with Gasteiger partial charge in [-0.25, -0.2) is 0 Å². The molecule has 0 aromatic heterocycles. The number of benzene rings is 1. The minimum atomic E-state index is 0.0289. The second kappa shape index (κ2) is 6.20. The van der Waals surface area contributed by atoms with Crippen LogP contribution in [0.1, 0.15) is 51.1 Å². The van der Waals surface area contributed by atoms with E-state index in [2.05, 4.69) is 0 Å². The van der Waals surface area contributed by atoms with E-state index in [1.165, 1.54) is 0 Å². The van der Waals surface area contributed by atoms with Crippen LogP contribution in [0.25, 0.3) is 0 Å². The highest BCUT2D eigenvalue weighted by atomic mass is 16.5. The molecule has 3 heteroatoms. The second-order valence-electron chi connectivity index (χ2n) is 5.64.